The molecular weight excluding hydrogens is 266 g/mol. The van der Waals surface area contributed by atoms with Crippen molar-refractivity contribution >= 4 is 29.5 Å². The first kappa shape index (κ1) is 13.0. The monoisotopic (exact) mass is 274 g/mol. The number of carboxylic acids is 1. The predicted molar refractivity (Wildman–Crippen MR) is 71.2 cm³/mol. The van der Waals surface area contributed by atoms with Crippen LogP contribution < -0.4 is 10.5 Å². The summed E-state index contributed by atoms with van der Waals surface area (Å²) < 4.78 is 0. The molecule has 6 heteroatoms. The van der Waals surface area contributed by atoms with Crippen LogP contribution >= 0.6 is 11.6 Å². The van der Waals surface area contributed by atoms with E-state index in [1.165, 1.54) is 12.1 Å². The molecule has 0 atom stereocenters. The summed E-state index contributed by atoms with van der Waals surface area (Å²) in [6, 6.07) is 8.08. The zero-order valence-electron chi connectivity index (χ0n) is 9.71. The third kappa shape index (κ3) is 3.53. The summed E-state index contributed by atoms with van der Waals surface area (Å²) in [7, 11) is 0. The fourth-order valence-electron chi connectivity index (χ4n) is 1.38. The summed E-state index contributed by atoms with van der Waals surface area (Å²) in [6.07, 6.45) is 4.88. The Balaban J connectivity index is 2.10. The molecule has 1 aromatic carbocycles. The van der Waals surface area contributed by atoms with E-state index in [9.17, 15) is 9.90 Å². The highest BCUT2D eigenvalue weighted by Crippen LogP contribution is 2.19. The van der Waals surface area contributed by atoms with Gasteiger partial charge in [0.1, 0.15) is 0 Å². The second kappa shape index (κ2) is 5.97. The molecule has 19 heavy (non-hydrogen) atoms. The van der Waals surface area contributed by atoms with E-state index >= 15 is 0 Å². The third-order valence-electron chi connectivity index (χ3n) is 2.28. The van der Waals surface area contributed by atoms with Crippen molar-refractivity contribution in [2.75, 3.05) is 5.43 Å². The SMILES string of the molecule is O=C([O-])c1cc(N/N=C\c2cccnc2)ccc1Cl. The maximum atomic E-state index is 10.8. The minimum absolute atomic E-state index is 0.0803. The van der Waals surface area contributed by atoms with Crippen LogP contribution in [-0.4, -0.2) is 17.2 Å². The fraction of sp³-hybridized carbons (Fsp3) is 0. The van der Waals surface area contributed by atoms with Crippen LogP contribution in [0.1, 0.15) is 15.9 Å². The molecule has 1 aromatic heterocycles. The molecule has 0 radical (unpaired) electrons. The molecule has 1 heterocycles. The Labute approximate surface area is 114 Å². The average molecular weight is 275 g/mol. The Morgan fingerprint density at radius 1 is 1.42 bits per heavy atom. The lowest BCUT2D eigenvalue weighted by atomic mass is 10.2. The molecule has 0 spiro atoms. The minimum atomic E-state index is -1.33. The number of halogens is 1. The maximum absolute atomic E-state index is 10.8. The van der Waals surface area contributed by atoms with E-state index in [2.05, 4.69) is 15.5 Å². The number of hydrazone groups is 1. The molecule has 0 aliphatic heterocycles. The third-order valence-corrected chi connectivity index (χ3v) is 2.61. The van der Waals surface area contributed by atoms with Gasteiger partial charge in [0.15, 0.2) is 0 Å². The molecule has 96 valence electrons. The van der Waals surface area contributed by atoms with Crippen LogP contribution in [0.15, 0.2) is 47.8 Å². The van der Waals surface area contributed by atoms with Crippen molar-refractivity contribution in [2.24, 2.45) is 5.10 Å². The number of hydrogen-bond acceptors (Lipinski definition) is 5. The molecule has 0 amide bonds. The van der Waals surface area contributed by atoms with E-state index in [1.54, 1.807) is 30.7 Å². The number of aromatic carboxylic acids is 1. The number of pyridine rings is 1. The highest BCUT2D eigenvalue weighted by molar-refractivity contribution is 6.33. The lowest BCUT2D eigenvalue weighted by molar-refractivity contribution is -0.255. The van der Waals surface area contributed by atoms with Gasteiger partial charge in [-0.25, -0.2) is 0 Å². The van der Waals surface area contributed by atoms with Gasteiger partial charge in [0, 0.05) is 28.5 Å². The molecular formula is C13H9ClN3O2-. The first-order chi connectivity index (χ1) is 9.16. The number of benzene rings is 1. The predicted octanol–water partition coefficient (Wildman–Crippen LogP) is 1.54. The van der Waals surface area contributed by atoms with Crippen LogP contribution in [0.5, 0.6) is 0 Å². The van der Waals surface area contributed by atoms with Crippen LogP contribution in [-0.2, 0) is 0 Å². The Morgan fingerprint density at radius 2 is 2.26 bits per heavy atom. The summed E-state index contributed by atoms with van der Waals surface area (Å²) >= 11 is 5.73. The van der Waals surface area contributed by atoms with E-state index in [4.69, 9.17) is 11.6 Å². The summed E-state index contributed by atoms with van der Waals surface area (Å²) in [5.41, 5.74) is 3.95. The minimum Gasteiger partial charge on any atom is -0.545 e. The van der Waals surface area contributed by atoms with Gasteiger partial charge in [-0.15, -0.1) is 0 Å². The molecule has 0 unspecified atom stereocenters. The normalized spacial score (nSPS) is 10.6. The van der Waals surface area contributed by atoms with Crippen LogP contribution in [0.25, 0.3) is 0 Å². The van der Waals surface area contributed by atoms with Crippen molar-refractivity contribution in [3.63, 3.8) is 0 Å². The Kier molecular flexibility index (Phi) is 4.10. The summed E-state index contributed by atoms with van der Waals surface area (Å²) in [5, 5.41) is 14.9. The van der Waals surface area contributed by atoms with E-state index in [0.717, 1.165) is 5.56 Å². The number of nitrogens with zero attached hydrogens (tertiary/aromatic N) is 2. The number of aromatic nitrogens is 1. The van der Waals surface area contributed by atoms with Gasteiger partial charge in [-0.1, -0.05) is 17.7 Å². The number of carboxylic acid groups (broad SMARTS) is 1. The molecule has 0 saturated heterocycles. The molecule has 1 N–H and O–H groups in total. The van der Waals surface area contributed by atoms with Gasteiger partial charge < -0.3 is 9.90 Å². The number of rotatable bonds is 4. The highest BCUT2D eigenvalue weighted by Gasteiger charge is 2.02. The highest BCUT2D eigenvalue weighted by atomic mass is 35.5. The summed E-state index contributed by atoms with van der Waals surface area (Å²) in [5.74, 6) is -1.33. The van der Waals surface area contributed by atoms with Crippen molar-refractivity contribution in [1.29, 1.82) is 0 Å². The van der Waals surface area contributed by atoms with Gasteiger partial charge in [-0.3, -0.25) is 10.4 Å². The lowest BCUT2D eigenvalue weighted by Gasteiger charge is -2.07. The Morgan fingerprint density at radius 3 is 2.95 bits per heavy atom. The first-order valence-corrected chi connectivity index (χ1v) is 5.74. The van der Waals surface area contributed by atoms with Crippen molar-refractivity contribution in [3.05, 3.63) is 58.9 Å². The number of nitrogens with one attached hydrogen (secondary N) is 1. The van der Waals surface area contributed by atoms with Gasteiger partial charge in [-0.2, -0.15) is 5.10 Å². The standard InChI is InChI=1S/C13H10ClN3O2/c14-12-4-3-10(6-11(12)13(18)19)17-16-8-9-2-1-5-15-7-9/h1-8,17H,(H,18,19)/p-1/b16-8-. The van der Waals surface area contributed by atoms with E-state index in [-0.39, 0.29) is 10.6 Å². The number of anilines is 1. The smallest absolute Gasteiger partial charge is 0.0731 e. The summed E-state index contributed by atoms with van der Waals surface area (Å²) in [4.78, 5) is 14.7. The van der Waals surface area contributed by atoms with E-state index < -0.39 is 5.97 Å². The van der Waals surface area contributed by atoms with E-state index in [0.29, 0.717) is 5.69 Å². The number of carbonyl (C=O) groups is 1. The molecule has 5 nitrogen and oxygen atoms in total. The van der Waals surface area contributed by atoms with Gasteiger partial charge >= 0.3 is 0 Å². The topological polar surface area (TPSA) is 77.4 Å². The maximum Gasteiger partial charge on any atom is 0.0731 e. The number of hydrogen-bond donors (Lipinski definition) is 1. The van der Waals surface area contributed by atoms with Crippen molar-refractivity contribution in [2.45, 2.75) is 0 Å². The molecule has 2 aromatic rings. The van der Waals surface area contributed by atoms with Crippen LogP contribution in [0.2, 0.25) is 5.02 Å². The average Bonchev–Trinajstić information content (AvgIpc) is 2.41. The van der Waals surface area contributed by atoms with Gasteiger partial charge in [-0.05, 0) is 24.3 Å². The van der Waals surface area contributed by atoms with E-state index in [1.807, 2.05) is 6.07 Å². The summed E-state index contributed by atoms with van der Waals surface area (Å²) in [6.45, 7) is 0. The quantitative estimate of drug-likeness (QED) is 0.678. The van der Waals surface area contributed by atoms with Gasteiger partial charge in [0.05, 0.1) is 17.9 Å². The molecule has 0 bridgehead atoms. The fourth-order valence-corrected chi connectivity index (χ4v) is 1.58. The molecule has 0 fully saturated rings. The van der Waals surface area contributed by atoms with Gasteiger partial charge in [0.25, 0.3) is 0 Å². The molecule has 0 aliphatic rings. The van der Waals surface area contributed by atoms with Crippen LogP contribution in [0.3, 0.4) is 0 Å². The van der Waals surface area contributed by atoms with Crippen molar-refractivity contribution in [1.82, 2.24) is 4.98 Å². The molecule has 2 rings (SSSR count). The number of carbonyl (C=O) groups excluding carboxylic acids is 1. The van der Waals surface area contributed by atoms with Crippen LogP contribution in [0, 0.1) is 0 Å². The van der Waals surface area contributed by atoms with Crippen LogP contribution in [0.4, 0.5) is 5.69 Å². The zero-order chi connectivity index (χ0) is 13.7. The largest absolute Gasteiger partial charge is 0.545 e. The van der Waals surface area contributed by atoms with Gasteiger partial charge in [0.2, 0.25) is 0 Å². The lowest BCUT2D eigenvalue weighted by Crippen LogP contribution is -2.22. The van der Waals surface area contributed by atoms with Crippen molar-refractivity contribution < 1.29 is 9.90 Å². The molecule has 0 saturated carbocycles. The first-order valence-electron chi connectivity index (χ1n) is 5.37. The Hall–Kier alpha value is -2.40. The second-order valence-corrected chi connectivity index (χ2v) is 4.05. The van der Waals surface area contributed by atoms with Crippen molar-refractivity contribution in [3.8, 4) is 0 Å². The zero-order valence-corrected chi connectivity index (χ0v) is 10.5. The second-order valence-electron chi connectivity index (χ2n) is 3.64. The Bertz CT molecular complexity index is 615. The molecule has 0 aliphatic carbocycles.